The second-order valence-electron chi connectivity index (χ2n) is 6.22. The third-order valence-corrected chi connectivity index (χ3v) is 5.66. The Hall–Kier alpha value is -2.58. The lowest BCUT2D eigenvalue weighted by molar-refractivity contribution is -0.142. The molecule has 0 aliphatic heterocycles. The summed E-state index contributed by atoms with van der Waals surface area (Å²) < 4.78 is 4.91. The lowest BCUT2D eigenvalue weighted by atomic mass is 10.1. The molecule has 1 amide bonds. The van der Waals surface area contributed by atoms with Gasteiger partial charge in [-0.25, -0.2) is 9.97 Å². The topological polar surface area (TPSA) is 81.2 Å². The Morgan fingerprint density at radius 2 is 1.86 bits per heavy atom. The summed E-state index contributed by atoms with van der Waals surface area (Å²) in [6.07, 6.45) is 0.327. The molecular weight excluding hydrogens is 394 g/mol. The van der Waals surface area contributed by atoms with Crippen molar-refractivity contribution in [1.82, 2.24) is 9.97 Å². The van der Waals surface area contributed by atoms with E-state index in [1.807, 2.05) is 38.1 Å². The van der Waals surface area contributed by atoms with Crippen molar-refractivity contribution in [2.45, 2.75) is 33.6 Å². The first-order valence-corrected chi connectivity index (χ1v) is 10.6. The lowest BCUT2D eigenvalue weighted by Gasteiger charge is -2.04. The summed E-state index contributed by atoms with van der Waals surface area (Å²) in [7, 11) is 0. The number of esters is 1. The Bertz CT molecular complexity index is 977. The van der Waals surface area contributed by atoms with E-state index in [-0.39, 0.29) is 24.7 Å². The van der Waals surface area contributed by atoms with Crippen LogP contribution < -0.4 is 5.32 Å². The molecule has 0 saturated heterocycles. The van der Waals surface area contributed by atoms with Crippen LogP contribution in [0.5, 0.6) is 0 Å². The number of ether oxygens (including phenoxy) is 1. The van der Waals surface area contributed by atoms with Crippen molar-refractivity contribution >= 4 is 39.7 Å². The van der Waals surface area contributed by atoms with E-state index >= 15 is 0 Å². The number of carbonyl (C=O) groups excluding carboxylic acids is 2. The molecule has 0 fully saturated rings. The summed E-state index contributed by atoms with van der Waals surface area (Å²) in [5.74, 6) is -0.484. The summed E-state index contributed by atoms with van der Waals surface area (Å²) in [5, 5.41) is 5.95. The highest BCUT2D eigenvalue weighted by molar-refractivity contribution is 7.14. The number of thiazole rings is 2. The van der Waals surface area contributed by atoms with Crippen LogP contribution in [0, 0.1) is 13.8 Å². The minimum absolute atomic E-state index is 0.103. The molecule has 0 aliphatic carbocycles. The van der Waals surface area contributed by atoms with E-state index < -0.39 is 0 Å². The third kappa shape index (κ3) is 5.24. The number of hydrogen-bond acceptors (Lipinski definition) is 7. The van der Waals surface area contributed by atoms with E-state index in [1.54, 1.807) is 12.3 Å². The van der Waals surface area contributed by atoms with Gasteiger partial charge in [0, 0.05) is 15.8 Å². The Morgan fingerprint density at radius 3 is 2.57 bits per heavy atom. The van der Waals surface area contributed by atoms with E-state index in [1.165, 1.54) is 28.2 Å². The molecule has 3 rings (SSSR count). The first-order valence-electron chi connectivity index (χ1n) is 8.87. The number of rotatable bonds is 7. The molecule has 0 spiro atoms. The van der Waals surface area contributed by atoms with Crippen LogP contribution in [0.4, 0.5) is 5.13 Å². The van der Waals surface area contributed by atoms with Crippen LogP contribution in [0.2, 0.25) is 0 Å². The predicted molar refractivity (Wildman–Crippen MR) is 112 cm³/mol. The quantitative estimate of drug-likeness (QED) is 0.586. The molecule has 2 heterocycles. The number of benzene rings is 1. The van der Waals surface area contributed by atoms with Crippen LogP contribution in [0.15, 0.2) is 29.6 Å². The number of hydrogen-bond donors (Lipinski definition) is 1. The fourth-order valence-electron chi connectivity index (χ4n) is 2.64. The summed E-state index contributed by atoms with van der Waals surface area (Å²) in [6.45, 7) is 6.07. The van der Waals surface area contributed by atoms with Gasteiger partial charge in [-0.3, -0.25) is 9.59 Å². The van der Waals surface area contributed by atoms with Gasteiger partial charge in [0.15, 0.2) is 5.13 Å². The smallest absolute Gasteiger partial charge is 0.311 e. The van der Waals surface area contributed by atoms with Crippen LogP contribution in [-0.4, -0.2) is 28.5 Å². The number of aryl methyl sites for hydroxylation is 2. The Kier molecular flexibility index (Phi) is 6.53. The molecule has 0 atom stereocenters. The molecule has 0 aliphatic rings. The van der Waals surface area contributed by atoms with Gasteiger partial charge >= 0.3 is 5.97 Å². The normalized spacial score (nSPS) is 10.7. The van der Waals surface area contributed by atoms with Gasteiger partial charge in [0.25, 0.3) is 0 Å². The van der Waals surface area contributed by atoms with Gasteiger partial charge in [0.05, 0.1) is 35.8 Å². The van der Waals surface area contributed by atoms with Crippen molar-refractivity contribution in [2.24, 2.45) is 0 Å². The Balaban J connectivity index is 1.67. The van der Waals surface area contributed by atoms with Crippen LogP contribution >= 0.6 is 22.7 Å². The van der Waals surface area contributed by atoms with E-state index in [0.717, 1.165) is 21.1 Å². The number of nitrogens with zero attached hydrogens (tertiary/aromatic N) is 2. The minimum atomic E-state index is -0.325. The molecule has 0 radical (unpaired) electrons. The lowest BCUT2D eigenvalue weighted by Crippen LogP contribution is -2.14. The van der Waals surface area contributed by atoms with Crippen molar-refractivity contribution in [2.75, 3.05) is 11.9 Å². The zero-order chi connectivity index (χ0) is 20.1. The van der Waals surface area contributed by atoms with Crippen LogP contribution in [-0.2, 0) is 27.2 Å². The first-order chi connectivity index (χ1) is 13.4. The standard InChI is InChI=1S/C20H21N3O3S2/c1-4-26-18(25)9-15-11-27-20(22-15)23-17(24)10-16-19(21-13(3)28-16)14-7-5-12(2)6-8-14/h5-8,11H,4,9-10H2,1-3H3,(H,22,23,24). The average molecular weight is 416 g/mol. The molecule has 2 aromatic heterocycles. The van der Waals surface area contributed by atoms with Gasteiger partial charge in [-0.1, -0.05) is 29.8 Å². The van der Waals surface area contributed by atoms with Crippen molar-refractivity contribution in [1.29, 1.82) is 0 Å². The molecule has 0 bridgehead atoms. The van der Waals surface area contributed by atoms with E-state index in [0.29, 0.717) is 17.4 Å². The highest BCUT2D eigenvalue weighted by atomic mass is 32.1. The molecule has 3 aromatic rings. The largest absolute Gasteiger partial charge is 0.466 e. The number of nitrogens with one attached hydrogen (secondary N) is 1. The zero-order valence-corrected chi connectivity index (χ0v) is 17.6. The summed E-state index contributed by atoms with van der Waals surface area (Å²) in [5.41, 5.74) is 3.62. The zero-order valence-electron chi connectivity index (χ0n) is 15.9. The van der Waals surface area contributed by atoms with Crippen LogP contribution in [0.3, 0.4) is 0 Å². The molecule has 6 nitrogen and oxygen atoms in total. The third-order valence-electron chi connectivity index (χ3n) is 3.88. The van der Waals surface area contributed by atoms with E-state index in [2.05, 4.69) is 15.3 Å². The molecule has 146 valence electrons. The number of anilines is 1. The maximum absolute atomic E-state index is 12.5. The number of carbonyl (C=O) groups is 2. The maximum atomic E-state index is 12.5. The van der Waals surface area contributed by atoms with Crippen LogP contribution in [0.1, 0.15) is 28.1 Å². The van der Waals surface area contributed by atoms with Gasteiger partial charge in [-0.15, -0.1) is 22.7 Å². The summed E-state index contributed by atoms with van der Waals surface area (Å²) in [6, 6.07) is 8.12. The molecule has 1 N–H and O–H groups in total. The van der Waals surface area contributed by atoms with Crippen molar-refractivity contribution in [3.63, 3.8) is 0 Å². The average Bonchev–Trinajstić information content (AvgIpc) is 3.22. The minimum Gasteiger partial charge on any atom is -0.466 e. The number of aromatic nitrogens is 2. The second-order valence-corrected chi connectivity index (χ2v) is 8.37. The highest BCUT2D eigenvalue weighted by Gasteiger charge is 2.16. The van der Waals surface area contributed by atoms with Gasteiger partial charge < -0.3 is 10.1 Å². The molecular formula is C20H21N3O3S2. The first kappa shape index (κ1) is 20.2. The molecule has 1 aromatic carbocycles. The van der Waals surface area contributed by atoms with Gasteiger partial charge in [-0.05, 0) is 20.8 Å². The van der Waals surface area contributed by atoms with E-state index in [9.17, 15) is 9.59 Å². The van der Waals surface area contributed by atoms with Gasteiger partial charge in [0.1, 0.15) is 0 Å². The number of amides is 1. The SMILES string of the molecule is CCOC(=O)Cc1csc(NC(=O)Cc2sc(C)nc2-c2ccc(C)cc2)n1. The second kappa shape index (κ2) is 9.07. The molecule has 8 heteroatoms. The van der Waals surface area contributed by atoms with Crippen molar-refractivity contribution < 1.29 is 14.3 Å². The van der Waals surface area contributed by atoms with Gasteiger partial charge in [-0.2, -0.15) is 0 Å². The van der Waals surface area contributed by atoms with E-state index in [4.69, 9.17) is 4.74 Å². The summed E-state index contributed by atoms with van der Waals surface area (Å²) >= 11 is 2.81. The van der Waals surface area contributed by atoms with Crippen molar-refractivity contribution in [3.8, 4) is 11.3 Å². The maximum Gasteiger partial charge on any atom is 0.311 e. The highest BCUT2D eigenvalue weighted by Crippen LogP contribution is 2.29. The van der Waals surface area contributed by atoms with Crippen molar-refractivity contribution in [3.05, 3.63) is 50.8 Å². The monoisotopic (exact) mass is 415 g/mol. The predicted octanol–water partition coefficient (Wildman–Crippen LogP) is 4.17. The summed E-state index contributed by atoms with van der Waals surface area (Å²) in [4.78, 5) is 33.8. The van der Waals surface area contributed by atoms with Crippen LogP contribution in [0.25, 0.3) is 11.3 Å². The fourth-order valence-corrected chi connectivity index (χ4v) is 4.32. The fraction of sp³-hybridized carbons (Fsp3) is 0.300. The Labute approximate surface area is 171 Å². The molecule has 0 unspecified atom stereocenters. The van der Waals surface area contributed by atoms with Gasteiger partial charge in [0.2, 0.25) is 5.91 Å². The molecule has 28 heavy (non-hydrogen) atoms. The Morgan fingerprint density at radius 1 is 1.11 bits per heavy atom. The molecule has 0 saturated carbocycles.